The lowest BCUT2D eigenvalue weighted by atomic mass is 10.2. The number of amidine groups is 1. The van der Waals surface area contributed by atoms with E-state index in [1.807, 2.05) is 0 Å². The molecule has 0 bridgehead atoms. The molecular formula is C13H9BrFN3O3. The number of hydrogen-bond acceptors (Lipinski definition) is 4. The first-order valence-electron chi connectivity index (χ1n) is 5.64. The first-order valence-corrected chi connectivity index (χ1v) is 6.43. The fraction of sp³-hybridized carbons (Fsp3) is 0. The number of nitro groups is 1. The number of nitro benzene ring substituents is 1. The first-order chi connectivity index (χ1) is 9.88. The van der Waals surface area contributed by atoms with Crippen LogP contribution in [0.1, 0.15) is 5.56 Å². The van der Waals surface area contributed by atoms with Gasteiger partial charge in [0.1, 0.15) is 17.4 Å². The van der Waals surface area contributed by atoms with Gasteiger partial charge in [-0.25, -0.2) is 4.39 Å². The number of nitrogen functional groups attached to an aromatic ring is 1. The molecule has 21 heavy (non-hydrogen) atoms. The summed E-state index contributed by atoms with van der Waals surface area (Å²) in [6.07, 6.45) is 0. The average Bonchev–Trinajstić information content (AvgIpc) is 2.43. The lowest BCUT2D eigenvalue weighted by Crippen LogP contribution is -2.10. The predicted octanol–water partition coefficient (Wildman–Crippen LogP) is 3.57. The van der Waals surface area contributed by atoms with Crippen LogP contribution >= 0.6 is 15.9 Å². The van der Waals surface area contributed by atoms with Gasteiger partial charge in [0.2, 0.25) is 5.75 Å². The van der Waals surface area contributed by atoms with E-state index < -0.39 is 10.7 Å². The van der Waals surface area contributed by atoms with Crippen LogP contribution in [0.3, 0.4) is 0 Å². The Morgan fingerprint density at radius 1 is 1.33 bits per heavy atom. The molecular weight excluding hydrogens is 345 g/mol. The van der Waals surface area contributed by atoms with Crippen LogP contribution in [-0.2, 0) is 0 Å². The number of benzene rings is 2. The number of nitrogens with two attached hydrogens (primary N) is 1. The molecule has 0 amide bonds. The molecule has 0 aliphatic carbocycles. The van der Waals surface area contributed by atoms with Crippen molar-refractivity contribution in [3.05, 3.63) is 62.4 Å². The van der Waals surface area contributed by atoms with E-state index in [0.29, 0.717) is 5.56 Å². The number of nitrogens with zero attached hydrogens (tertiary/aromatic N) is 1. The van der Waals surface area contributed by atoms with Gasteiger partial charge in [0.05, 0.1) is 9.40 Å². The third-order valence-electron chi connectivity index (χ3n) is 2.59. The Labute approximate surface area is 127 Å². The van der Waals surface area contributed by atoms with Gasteiger partial charge < -0.3 is 10.5 Å². The van der Waals surface area contributed by atoms with Gasteiger partial charge >= 0.3 is 5.69 Å². The molecule has 0 aliphatic rings. The third-order valence-corrected chi connectivity index (χ3v) is 3.20. The molecule has 0 aliphatic heterocycles. The summed E-state index contributed by atoms with van der Waals surface area (Å²) in [5.74, 6) is -0.723. The predicted molar refractivity (Wildman–Crippen MR) is 78.3 cm³/mol. The lowest BCUT2D eigenvalue weighted by Gasteiger charge is -2.08. The molecule has 6 nitrogen and oxygen atoms in total. The van der Waals surface area contributed by atoms with E-state index in [-0.39, 0.29) is 27.5 Å². The quantitative estimate of drug-likeness (QED) is 0.379. The Balaban J connectivity index is 2.36. The first kappa shape index (κ1) is 14.9. The van der Waals surface area contributed by atoms with Gasteiger partial charge in [0, 0.05) is 17.7 Å². The summed E-state index contributed by atoms with van der Waals surface area (Å²) in [5.41, 5.74) is 5.44. The van der Waals surface area contributed by atoms with Crippen LogP contribution in [0.4, 0.5) is 10.1 Å². The zero-order valence-electron chi connectivity index (χ0n) is 10.5. The maximum atomic E-state index is 13.5. The van der Waals surface area contributed by atoms with Gasteiger partial charge in [-0.2, -0.15) is 0 Å². The number of nitrogens with one attached hydrogen (secondary N) is 1. The van der Waals surface area contributed by atoms with Crippen LogP contribution in [0.2, 0.25) is 0 Å². The molecule has 108 valence electrons. The fourth-order valence-corrected chi connectivity index (χ4v) is 1.90. The fourth-order valence-electron chi connectivity index (χ4n) is 1.57. The monoisotopic (exact) mass is 353 g/mol. The van der Waals surface area contributed by atoms with E-state index in [0.717, 1.165) is 12.1 Å². The normalized spacial score (nSPS) is 10.2. The van der Waals surface area contributed by atoms with E-state index in [1.54, 1.807) is 0 Å². The van der Waals surface area contributed by atoms with Crippen LogP contribution in [0, 0.1) is 21.3 Å². The van der Waals surface area contributed by atoms with E-state index in [2.05, 4.69) is 15.9 Å². The second kappa shape index (κ2) is 5.88. The Kier molecular flexibility index (Phi) is 4.18. The van der Waals surface area contributed by atoms with E-state index >= 15 is 0 Å². The van der Waals surface area contributed by atoms with Crippen molar-refractivity contribution in [1.82, 2.24) is 0 Å². The maximum absolute atomic E-state index is 13.5. The highest BCUT2D eigenvalue weighted by Gasteiger charge is 2.19. The zero-order valence-corrected chi connectivity index (χ0v) is 12.1. The molecule has 0 radical (unpaired) electrons. The van der Waals surface area contributed by atoms with Crippen molar-refractivity contribution in [1.29, 1.82) is 5.41 Å². The molecule has 3 N–H and O–H groups in total. The number of halogens is 2. The van der Waals surface area contributed by atoms with Crippen molar-refractivity contribution >= 4 is 27.5 Å². The summed E-state index contributed by atoms with van der Waals surface area (Å²) in [6, 6.07) is 7.99. The van der Waals surface area contributed by atoms with E-state index in [4.69, 9.17) is 15.9 Å². The smallest absolute Gasteiger partial charge is 0.312 e. The molecule has 0 saturated heterocycles. The summed E-state index contributed by atoms with van der Waals surface area (Å²) in [4.78, 5) is 10.3. The minimum absolute atomic E-state index is 0.0199. The summed E-state index contributed by atoms with van der Waals surface area (Å²) in [5, 5.41) is 18.2. The topological polar surface area (TPSA) is 102 Å². The summed E-state index contributed by atoms with van der Waals surface area (Å²) in [6.45, 7) is 0. The molecule has 2 rings (SSSR count). The van der Waals surface area contributed by atoms with Crippen molar-refractivity contribution in [3.63, 3.8) is 0 Å². The van der Waals surface area contributed by atoms with Gasteiger partial charge in [-0.05, 0) is 40.2 Å². The lowest BCUT2D eigenvalue weighted by molar-refractivity contribution is -0.385. The highest BCUT2D eigenvalue weighted by molar-refractivity contribution is 9.10. The average molecular weight is 354 g/mol. The summed E-state index contributed by atoms with van der Waals surface area (Å²) in [7, 11) is 0. The highest BCUT2D eigenvalue weighted by Crippen LogP contribution is 2.35. The molecule has 2 aromatic carbocycles. The zero-order chi connectivity index (χ0) is 15.6. The number of ether oxygens (including phenoxy) is 1. The van der Waals surface area contributed by atoms with Gasteiger partial charge in [-0.15, -0.1) is 0 Å². The molecule has 0 atom stereocenters. The van der Waals surface area contributed by atoms with Crippen LogP contribution in [0.25, 0.3) is 0 Å². The van der Waals surface area contributed by atoms with Crippen molar-refractivity contribution in [2.75, 3.05) is 0 Å². The highest BCUT2D eigenvalue weighted by atomic mass is 79.9. The van der Waals surface area contributed by atoms with E-state index in [9.17, 15) is 14.5 Å². The third kappa shape index (κ3) is 3.34. The SMILES string of the molecule is N=C(N)c1ccc(Oc2cc(F)c(Br)cc2[N+](=O)[O-])cc1. The molecule has 0 unspecified atom stereocenters. The summed E-state index contributed by atoms with van der Waals surface area (Å²) >= 11 is 2.89. The van der Waals surface area contributed by atoms with Crippen molar-refractivity contribution in [3.8, 4) is 11.5 Å². The Hall–Kier alpha value is -2.48. The Bertz CT molecular complexity index is 719. The molecule has 2 aromatic rings. The molecule has 0 spiro atoms. The van der Waals surface area contributed by atoms with Gasteiger partial charge in [0.15, 0.2) is 0 Å². The molecule has 0 saturated carbocycles. The molecule has 0 fully saturated rings. The number of hydrogen-bond donors (Lipinski definition) is 2. The van der Waals surface area contributed by atoms with Crippen molar-refractivity contribution in [2.24, 2.45) is 5.73 Å². The Morgan fingerprint density at radius 2 is 1.95 bits per heavy atom. The van der Waals surface area contributed by atoms with Crippen LogP contribution < -0.4 is 10.5 Å². The van der Waals surface area contributed by atoms with E-state index in [1.165, 1.54) is 24.3 Å². The molecule has 0 aromatic heterocycles. The maximum Gasteiger partial charge on any atom is 0.312 e. The minimum atomic E-state index is -0.670. The molecule has 0 heterocycles. The van der Waals surface area contributed by atoms with Crippen LogP contribution in [0.15, 0.2) is 40.9 Å². The second-order valence-corrected chi connectivity index (χ2v) is 4.89. The number of rotatable bonds is 4. The largest absolute Gasteiger partial charge is 0.450 e. The standard InChI is InChI=1S/C13H9BrFN3O3/c14-9-5-11(18(19)20)12(6-10(9)15)21-8-3-1-7(2-4-8)13(16)17/h1-6H,(H3,16,17). The van der Waals surface area contributed by atoms with Crippen molar-refractivity contribution in [2.45, 2.75) is 0 Å². The van der Waals surface area contributed by atoms with Gasteiger partial charge in [-0.3, -0.25) is 15.5 Å². The van der Waals surface area contributed by atoms with Crippen molar-refractivity contribution < 1.29 is 14.1 Å². The summed E-state index contributed by atoms with van der Waals surface area (Å²) < 4.78 is 18.8. The van der Waals surface area contributed by atoms with Gasteiger partial charge in [0.25, 0.3) is 0 Å². The van der Waals surface area contributed by atoms with Crippen LogP contribution in [0.5, 0.6) is 11.5 Å². The Morgan fingerprint density at radius 3 is 2.48 bits per heavy atom. The second-order valence-electron chi connectivity index (χ2n) is 4.03. The minimum Gasteiger partial charge on any atom is -0.450 e. The van der Waals surface area contributed by atoms with Crippen LogP contribution in [-0.4, -0.2) is 10.8 Å². The molecule has 8 heteroatoms. The van der Waals surface area contributed by atoms with Gasteiger partial charge in [-0.1, -0.05) is 0 Å².